The van der Waals surface area contributed by atoms with Gasteiger partial charge in [-0.1, -0.05) is 0 Å². The summed E-state index contributed by atoms with van der Waals surface area (Å²) in [6, 6.07) is 28.8. The molecule has 0 amide bonds. The van der Waals surface area contributed by atoms with Crippen molar-refractivity contribution in [3.8, 4) is 0 Å². The first-order valence-electron chi connectivity index (χ1n) is 12.4. The maximum absolute atomic E-state index is 14.4. The van der Waals surface area contributed by atoms with Gasteiger partial charge in [0.1, 0.15) is 0 Å². The van der Waals surface area contributed by atoms with Crippen LogP contribution in [-0.2, 0) is 12.4 Å². The Balaban J connectivity index is 1.98. The van der Waals surface area contributed by atoms with E-state index in [0.29, 0.717) is 31.1 Å². The van der Waals surface area contributed by atoms with Gasteiger partial charge >= 0.3 is 226 Å². The number of benzene rings is 4. The monoisotopic (exact) mass is 596 g/mol. The first-order valence-corrected chi connectivity index (χ1v) is 18.7. The molecule has 5 rings (SSSR count). The van der Waals surface area contributed by atoms with Gasteiger partial charge in [-0.25, -0.2) is 0 Å². The zero-order valence-electron chi connectivity index (χ0n) is 21.2. The van der Waals surface area contributed by atoms with Crippen LogP contribution >= 0.6 is 0 Å². The molecule has 1 aliphatic heterocycles. The van der Waals surface area contributed by atoms with Crippen molar-refractivity contribution in [3.63, 3.8) is 0 Å². The molecule has 0 spiro atoms. The summed E-state index contributed by atoms with van der Waals surface area (Å²) in [6.07, 6.45) is -9.27. The van der Waals surface area contributed by atoms with E-state index in [1.807, 2.05) is 35.8 Å². The van der Waals surface area contributed by atoms with Crippen LogP contribution in [0.5, 0.6) is 0 Å². The van der Waals surface area contributed by atoms with Gasteiger partial charge in [0.2, 0.25) is 0 Å². The molecule has 4 aromatic carbocycles. The Hall–Kier alpha value is -3.52. The van der Waals surface area contributed by atoms with Crippen molar-refractivity contribution in [2.45, 2.75) is 23.9 Å². The van der Waals surface area contributed by atoms with E-state index in [0.717, 1.165) is 12.1 Å². The first-order chi connectivity index (χ1) is 18.4. The molecule has 0 nitrogen and oxygen atoms in total. The topological polar surface area (TPSA) is 0 Å². The summed E-state index contributed by atoms with van der Waals surface area (Å²) in [6.45, 7) is 0. The molecule has 0 saturated heterocycles. The van der Waals surface area contributed by atoms with Crippen LogP contribution in [0.15, 0.2) is 109 Å². The molecule has 39 heavy (non-hydrogen) atoms. The Labute approximate surface area is 225 Å². The third-order valence-corrected chi connectivity index (χ3v) is 14.6. The van der Waals surface area contributed by atoms with E-state index in [1.165, 1.54) is 24.3 Å². The second-order valence-electron chi connectivity index (χ2n) is 9.94. The number of allylic oxidation sites excluding steroid dienone is 2. The van der Waals surface area contributed by atoms with Crippen LogP contribution in [0.4, 0.5) is 26.3 Å². The molecule has 198 valence electrons. The van der Waals surface area contributed by atoms with Crippen molar-refractivity contribution < 1.29 is 26.3 Å². The fourth-order valence-electron chi connectivity index (χ4n) is 5.63. The summed E-state index contributed by atoms with van der Waals surface area (Å²) in [5.41, 5.74) is 0.951. The average molecular weight is 595 g/mol. The van der Waals surface area contributed by atoms with Gasteiger partial charge < -0.3 is 0 Å². The van der Waals surface area contributed by atoms with Crippen molar-refractivity contribution in [3.05, 3.63) is 143 Å². The van der Waals surface area contributed by atoms with Gasteiger partial charge in [0, 0.05) is 0 Å². The van der Waals surface area contributed by atoms with Gasteiger partial charge in [0.25, 0.3) is 0 Å². The molecule has 0 atom stereocenters. The first kappa shape index (κ1) is 27.1. The minimum atomic E-state index is -4.64. The molecule has 0 unspecified atom stereocenters. The van der Waals surface area contributed by atoms with Crippen molar-refractivity contribution in [1.82, 2.24) is 0 Å². The van der Waals surface area contributed by atoms with E-state index in [-0.39, 0.29) is 11.1 Å². The number of rotatable bonds is 4. The fourth-order valence-corrected chi connectivity index (χ4v) is 13.6. The third kappa shape index (κ3) is 4.86. The van der Waals surface area contributed by atoms with Gasteiger partial charge in [-0.3, -0.25) is 0 Å². The Kier molecular flexibility index (Phi) is 6.87. The summed E-state index contributed by atoms with van der Waals surface area (Å²) in [7, 11) is 0. The molecule has 0 aromatic heterocycles. The summed E-state index contributed by atoms with van der Waals surface area (Å²) in [4.78, 5) is 0. The van der Waals surface area contributed by atoms with E-state index in [1.54, 1.807) is 48.5 Å². The molecule has 0 N–H and O–H groups in total. The maximum atomic E-state index is 14.4. The Morgan fingerprint density at radius 3 is 1.08 bits per heavy atom. The van der Waals surface area contributed by atoms with Crippen LogP contribution in [0.25, 0.3) is 20.0 Å². The van der Waals surface area contributed by atoms with Crippen LogP contribution in [0.1, 0.15) is 33.4 Å². The molecule has 1 aliphatic rings. The van der Waals surface area contributed by atoms with Gasteiger partial charge in [0.05, 0.1) is 0 Å². The van der Waals surface area contributed by atoms with E-state index in [9.17, 15) is 26.3 Å². The predicted octanol–water partition coefficient (Wildman–Crippen LogP) is 10.0. The summed E-state index contributed by atoms with van der Waals surface area (Å²) >= 11 is -3.93. The second kappa shape index (κ2) is 9.90. The molecule has 1 heterocycles. The summed E-state index contributed by atoms with van der Waals surface area (Å²) < 4.78 is 87.3. The molecule has 4 aromatic rings. The summed E-state index contributed by atoms with van der Waals surface area (Å²) in [5.74, 6) is 3.79. The molecular formula is C32H24F6Ge. The average Bonchev–Trinajstić information content (AvgIpc) is 3.15. The zero-order chi connectivity index (χ0) is 28.0. The standard InChI is InChI=1S/C32H24F6Ge/c1-39(2)29(23-17-9-11-19-25(23)31(33,34)35)27(21-13-5-3-6-14-21)28(22-15-7-4-8-16-22)30(39)24-18-10-12-20-26(24)32(36,37)38/h3-20H,1-2H3. The van der Waals surface area contributed by atoms with E-state index < -0.39 is 36.7 Å². The van der Waals surface area contributed by atoms with Gasteiger partial charge in [0.15, 0.2) is 0 Å². The van der Waals surface area contributed by atoms with E-state index in [4.69, 9.17) is 0 Å². The van der Waals surface area contributed by atoms with Crippen molar-refractivity contribution in [2.75, 3.05) is 0 Å². The molecule has 0 fully saturated rings. The van der Waals surface area contributed by atoms with Gasteiger partial charge in [-0.15, -0.1) is 0 Å². The van der Waals surface area contributed by atoms with Crippen LogP contribution in [0, 0.1) is 0 Å². The number of hydrogen-bond donors (Lipinski definition) is 0. The van der Waals surface area contributed by atoms with E-state index >= 15 is 0 Å². The molecule has 0 aliphatic carbocycles. The predicted molar refractivity (Wildman–Crippen MR) is 147 cm³/mol. The van der Waals surface area contributed by atoms with Gasteiger partial charge in [-0.05, 0) is 0 Å². The second-order valence-corrected chi connectivity index (χ2v) is 18.9. The number of halogens is 6. The molecule has 0 radical (unpaired) electrons. The van der Waals surface area contributed by atoms with E-state index in [2.05, 4.69) is 0 Å². The van der Waals surface area contributed by atoms with Crippen LogP contribution in [0.2, 0.25) is 11.5 Å². The van der Waals surface area contributed by atoms with Crippen molar-refractivity contribution in [2.24, 2.45) is 0 Å². The summed E-state index contributed by atoms with van der Waals surface area (Å²) in [5, 5.41) is 0. The number of hydrogen-bond acceptors (Lipinski definition) is 0. The Bertz CT molecular complexity index is 1460. The Morgan fingerprint density at radius 1 is 0.436 bits per heavy atom. The molecule has 0 saturated carbocycles. The van der Waals surface area contributed by atoms with Crippen LogP contribution in [0.3, 0.4) is 0 Å². The SMILES string of the molecule is [CH3][Ge]1([CH3])[C](c2ccccc2C(F)(F)F)=C(c2ccccc2)C(c2ccccc2)=[C]1c1ccccc1C(F)(F)F. The third-order valence-electron chi connectivity index (χ3n) is 7.13. The number of alkyl halides is 6. The minimum absolute atomic E-state index is 0.0294. The molecule has 7 heteroatoms. The van der Waals surface area contributed by atoms with Crippen LogP contribution in [-0.4, -0.2) is 13.3 Å². The van der Waals surface area contributed by atoms with Crippen molar-refractivity contribution in [1.29, 1.82) is 0 Å². The normalized spacial score (nSPS) is 15.7. The van der Waals surface area contributed by atoms with Crippen LogP contribution < -0.4 is 0 Å². The van der Waals surface area contributed by atoms with Gasteiger partial charge in [-0.2, -0.15) is 0 Å². The molecular weight excluding hydrogens is 571 g/mol. The Morgan fingerprint density at radius 2 is 0.744 bits per heavy atom. The molecule has 0 bridgehead atoms. The fraction of sp³-hybridized carbons (Fsp3) is 0.125. The quantitative estimate of drug-likeness (QED) is 0.163. The zero-order valence-corrected chi connectivity index (χ0v) is 23.3. The van der Waals surface area contributed by atoms with Crippen molar-refractivity contribution >= 4 is 33.2 Å².